The van der Waals surface area contributed by atoms with Gasteiger partial charge in [-0.3, -0.25) is 4.79 Å². The van der Waals surface area contributed by atoms with E-state index >= 15 is 0 Å². The largest absolute Gasteiger partial charge is 0.491 e. The van der Waals surface area contributed by atoms with Crippen molar-refractivity contribution >= 4 is 17.2 Å². The zero-order chi connectivity index (χ0) is 22.1. The van der Waals surface area contributed by atoms with Crippen molar-refractivity contribution in [2.45, 2.75) is 44.2 Å². The lowest BCUT2D eigenvalue weighted by Crippen LogP contribution is -2.29. The summed E-state index contributed by atoms with van der Waals surface area (Å²) in [5.41, 5.74) is 2.77. The molecule has 5 heteroatoms. The van der Waals surface area contributed by atoms with Crippen LogP contribution in [-0.4, -0.2) is 35.9 Å². The van der Waals surface area contributed by atoms with Crippen molar-refractivity contribution in [2.75, 3.05) is 13.2 Å². The maximum Gasteiger partial charge on any atom is 0.290 e. The van der Waals surface area contributed by atoms with E-state index in [1.165, 1.54) is 41.2 Å². The molecule has 1 aliphatic rings. The molecule has 5 nitrogen and oxygen atoms in total. The van der Waals surface area contributed by atoms with Gasteiger partial charge in [-0.2, -0.15) is 0 Å². The van der Waals surface area contributed by atoms with Gasteiger partial charge in [0.15, 0.2) is 0 Å². The number of ether oxygens (including phenoxy) is 1. The fraction of sp³-hybridized carbons (Fsp3) is 0.346. The lowest BCUT2D eigenvalue weighted by Gasteiger charge is -2.21. The highest BCUT2D eigenvalue weighted by atomic mass is 16.5. The van der Waals surface area contributed by atoms with Crippen LogP contribution in [0.4, 0.5) is 0 Å². The monoisotopic (exact) mass is 421 g/mol. The molecular formula is C26H31NO4. The SMILES string of the molecule is C[C@@H](N[C@H]1CC[C@@H](c2ccc(OCCO)cc2)C1)c1cccc2ccccc12.O=CO. The normalized spacial score (nSPS) is 18.8. The van der Waals surface area contributed by atoms with Gasteiger partial charge in [-0.15, -0.1) is 0 Å². The summed E-state index contributed by atoms with van der Waals surface area (Å²) in [6.07, 6.45) is 3.60. The molecule has 0 saturated heterocycles. The minimum atomic E-state index is -0.250. The second-order valence-corrected chi connectivity index (χ2v) is 7.91. The zero-order valence-corrected chi connectivity index (χ0v) is 17.9. The molecule has 1 saturated carbocycles. The summed E-state index contributed by atoms with van der Waals surface area (Å²) in [6, 6.07) is 24.5. The molecule has 3 aromatic rings. The Balaban J connectivity index is 0.000000858. The van der Waals surface area contributed by atoms with Gasteiger partial charge in [0.05, 0.1) is 6.61 Å². The summed E-state index contributed by atoms with van der Waals surface area (Å²) in [6.45, 7) is 2.43. The van der Waals surface area contributed by atoms with Crippen molar-refractivity contribution in [2.24, 2.45) is 0 Å². The molecule has 3 atom stereocenters. The third-order valence-corrected chi connectivity index (χ3v) is 5.92. The number of carboxylic acid groups (broad SMARTS) is 1. The molecule has 0 aromatic heterocycles. The van der Waals surface area contributed by atoms with Gasteiger partial charge in [0, 0.05) is 12.1 Å². The Morgan fingerprint density at radius 1 is 1.06 bits per heavy atom. The first-order valence-electron chi connectivity index (χ1n) is 10.8. The van der Waals surface area contributed by atoms with Crippen molar-refractivity contribution in [3.8, 4) is 5.75 Å². The van der Waals surface area contributed by atoms with Crippen LogP contribution in [0.3, 0.4) is 0 Å². The topological polar surface area (TPSA) is 78.8 Å². The van der Waals surface area contributed by atoms with E-state index in [2.05, 4.69) is 66.8 Å². The summed E-state index contributed by atoms with van der Waals surface area (Å²) < 4.78 is 5.47. The molecule has 1 fully saturated rings. The van der Waals surface area contributed by atoms with E-state index in [4.69, 9.17) is 19.7 Å². The van der Waals surface area contributed by atoms with Gasteiger partial charge in [-0.1, -0.05) is 54.6 Å². The van der Waals surface area contributed by atoms with Crippen LogP contribution in [0.25, 0.3) is 10.8 Å². The lowest BCUT2D eigenvalue weighted by atomic mass is 9.96. The van der Waals surface area contributed by atoms with Crippen molar-refractivity contribution in [3.05, 3.63) is 77.9 Å². The molecule has 0 aliphatic heterocycles. The minimum Gasteiger partial charge on any atom is -0.491 e. The van der Waals surface area contributed by atoms with E-state index in [1.807, 2.05) is 12.1 Å². The van der Waals surface area contributed by atoms with E-state index in [9.17, 15) is 0 Å². The quantitative estimate of drug-likeness (QED) is 0.473. The molecule has 4 rings (SSSR count). The standard InChI is InChI=1S/C25H29NO2.CH2O2/c1-18(24-8-4-6-20-5-2-3-7-25(20)24)26-22-12-9-21(17-22)19-10-13-23(14-11-19)28-16-15-27;2-1-3/h2-8,10-11,13-14,18,21-22,26-27H,9,12,15-17H2,1H3;1H,(H,2,3)/t18-,21-,22+;/m1./s1. The Hall–Kier alpha value is -2.89. The summed E-state index contributed by atoms with van der Waals surface area (Å²) in [7, 11) is 0. The maximum absolute atomic E-state index is 8.86. The van der Waals surface area contributed by atoms with Gasteiger partial charge in [0.1, 0.15) is 12.4 Å². The highest BCUT2D eigenvalue weighted by molar-refractivity contribution is 5.86. The molecule has 3 N–H and O–H groups in total. The molecule has 3 aromatic carbocycles. The van der Waals surface area contributed by atoms with Crippen molar-refractivity contribution in [1.29, 1.82) is 0 Å². The molecule has 1 aliphatic carbocycles. The van der Waals surface area contributed by atoms with Gasteiger partial charge < -0.3 is 20.3 Å². The molecular weight excluding hydrogens is 390 g/mol. The lowest BCUT2D eigenvalue weighted by molar-refractivity contribution is -0.122. The first kappa shape index (κ1) is 22.8. The minimum absolute atomic E-state index is 0.0482. The number of fused-ring (bicyclic) bond motifs is 1. The van der Waals surface area contributed by atoms with Crippen LogP contribution in [0.1, 0.15) is 49.3 Å². The average Bonchev–Trinajstić information content (AvgIpc) is 3.26. The third kappa shape index (κ3) is 6.06. The van der Waals surface area contributed by atoms with E-state index in [1.54, 1.807) is 0 Å². The highest BCUT2D eigenvalue weighted by Crippen LogP contribution is 2.36. The zero-order valence-electron chi connectivity index (χ0n) is 17.9. The smallest absolute Gasteiger partial charge is 0.290 e. The van der Waals surface area contributed by atoms with Crippen LogP contribution in [0.5, 0.6) is 5.75 Å². The molecule has 31 heavy (non-hydrogen) atoms. The average molecular weight is 422 g/mol. The Kier molecular flexibility index (Phi) is 8.44. The van der Waals surface area contributed by atoms with E-state index < -0.39 is 0 Å². The molecule has 0 bridgehead atoms. The fourth-order valence-electron chi connectivity index (χ4n) is 4.51. The third-order valence-electron chi connectivity index (χ3n) is 5.92. The molecule has 0 unspecified atom stereocenters. The van der Waals surface area contributed by atoms with Gasteiger partial charge >= 0.3 is 0 Å². The van der Waals surface area contributed by atoms with Gasteiger partial charge in [0.25, 0.3) is 6.47 Å². The summed E-state index contributed by atoms with van der Waals surface area (Å²) >= 11 is 0. The number of rotatable bonds is 7. The second kappa shape index (κ2) is 11.5. The predicted molar refractivity (Wildman–Crippen MR) is 124 cm³/mol. The van der Waals surface area contributed by atoms with Crippen LogP contribution >= 0.6 is 0 Å². The second-order valence-electron chi connectivity index (χ2n) is 7.91. The summed E-state index contributed by atoms with van der Waals surface area (Å²) in [5.74, 6) is 1.43. The van der Waals surface area contributed by atoms with Crippen molar-refractivity contribution in [3.63, 3.8) is 0 Å². The van der Waals surface area contributed by atoms with Crippen LogP contribution in [0.2, 0.25) is 0 Å². The Bertz CT molecular complexity index is 952. The number of aliphatic hydroxyl groups excluding tert-OH is 1. The summed E-state index contributed by atoms with van der Waals surface area (Å²) in [4.78, 5) is 8.36. The van der Waals surface area contributed by atoms with Gasteiger partial charge in [0.2, 0.25) is 0 Å². The molecule has 0 spiro atoms. The van der Waals surface area contributed by atoms with E-state index in [0.717, 1.165) is 5.75 Å². The summed E-state index contributed by atoms with van der Waals surface area (Å²) in [5, 5.41) is 22.3. The number of carbonyl (C=O) groups is 1. The van der Waals surface area contributed by atoms with Crippen molar-refractivity contribution < 1.29 is 19.7 Å². The molecule has 164 valence electrons. The molecule has 0 amide bonds. The maximum atomic E-state index is 8.86. The number of benzene rings is 3. The first-order valence-corrected chi connectivity index (χ1v) is 10.8. The molecule has 0 radical (unpaired) electrons. The highest BCUT2D eigenvalue weighted by Gasteiger charge is 2.27. The van der Waals surface area contributed by atoms with E-state index in [-0.39, 0.29) is 13.1 Å². The Morgan fingerprint density at radius 2 is 1.77 bits per heavy atom. The Labute approximate surface area is 183 Å². The van der Waals surface area contributed by atoms with Crippen LogP contribution in [0, 0.1) is 0 Å². The first-order chi connectivity index (χ1) is 15.2. The Morgan fingerprint density at radius 3 is 2.52 bits per heavy atom. The van der Waals surface area contributed by atoms with Crippen molar-refractivity contribution in [1.82, 2.24) is 5.32 Å². The number of hydrogen-bond acceptors (Lipinski definition) is 4. The predicted octanol–water partition coefficient (Wildman–Crippen LogP) is 4.90. The number of hydrogen-bond donors (Lipinski definition) is 3. The van der Waals surface area contributed by atoms with Gasteiger partial charge in [-0.25, -0.2) is 0 Å². The van der Waals surface area contributed by atoms with Crippen LogP contribution in [-0.2, 0) is 4.79 Å². The molecule has 0 heterocycles. The fourth-order valence-corrected chi connectivity index (χ4v) is 4.51. The van der Waals surface area contributed by atoms with Crippen LogP contribution < -0.4 is 10.1 Å². The van der Waals surface area contributed by atoms with Gasteiger partial charge in [-0.05, 0) is 66.1 Å². The van der Waals surface area contributed by atoms with Crippen LogP contribution in [0.15, 0.2) is 66.7 Å². The number of nitrogens with one attached hydrogen (secondary N) is 1. The van der Waals surface area contributed by atoms with E-state index in [0.29, 0.717) is 24.6 Å². The number of aliphatic hydroxyl groups is 1.